The predicted octanol–water partition coefficient (Wildman–Crippen LogP) is -0.662. The van der Waals surface area contributed by atoms with E-state index in [1.807, 2.05) is 6.07 Å². The van der Waals surface area contributed by atoms with Crippen LogP contribution in [0.2, 0.25) is 5.02 Å². The molecule has 0 aliphatic carbocycles. The molecule has 0 aromatic heterocycles. The van der Waals surface area contributed by atoms with Gasteiger partial charge in [0.1, 0.15) is 0 Å². The van der Waals surface area contributed by atoms with Crippen molar-refractivity contribution in [1.82, 2.24) is 0 Å². The number of allylic oxidation sites excluding steroid dienone is 1. The van der Waals surface area contributed by atoms with Crippen molar-refractivity contribution in [3.05, 3.63) is 40.6 Å². The second-order valence-electron chi connectivity index (χ2n) is 3.60. The number of hydrogen-bond acceptors (Lipinski definition) is 4. The topological polar surface area (TPSA) is 65.3 Å². The number of halogens is 1. The summed E-state index contributed by atoms with van der Waals surface area (Å²) in [5.41, 5.74) is 0.505. The molecule has 0 N–H and O–H groups in total. The fourth-order valence-corrected chi connectivity index (χ4v) is 1.62. The van der Waals surface area contributed by atoms with E-state index in [0.717, 1.165) is 0 Å². The maximum atomic E-state index is 12.2. The molecule has 0 saturated carbocycles. The minimum absolute atomic E-state index is 0. The second kappa shape index (κ2) is 10.8. The van der Waals surface area contributed by atoms with Gasteiger partial charge in [0.05, 0.1) is 11.6 Å². The molecule has 20 heavy (non-hydrogen) atoms. The zero-order valence-electron chi connectivity index (χ0n) is 11.9. The Morgan fingerprint density at radius 1 is 1.25 bits per heavy atom. The Morgan fingerprint density at radius 2 is 1.75 bits per heavy atom. The van der Waals surface area contributed by atoms with Crippen molar-refractivity contribution < 1.29 is 66.0 Å². The van der Waals surface area contributed by atoms with Crippen molar-refractivity contribution >= 4 is 17.2 Å². The van der Waals surface area contributed by atoms with Crippen molar-refractivity contribution in [2.45, 2.75) is 20.1 Å². The van der Waals surface area contributed by atoms with Gasteiger partial charge < -0.3 is 14.6 Å². The summed E-state index contributed by atoms with van der Waals surface area (Å²) < 4.78 is 10.4. The fraction of sp³-hybridized carbons (Fsp3) is 0.357. The number of rotatable bonds is 6. The van der Waals surface area contributed by atoms with Crippen LogP contribution in [0.15, 0.2) is 30.0 Å². The Hall–Kier alpha value is 0.0964. The van der Waals surface area contributed by atoms with Gasteiger partial charge in [-0.15, -0.1) is 0 Å². The number of hydrogen-bond donors (Lipinski definition) is 0. The van der Waals surface area contributed by atoms with Gasteiger partial charge in [0.15, 0.2) is 6.29 Å². The van der Waals surface area contributed by atoms with E-state index < -0.39 is 12.0 Å². The summed E-state index contributed by atoms with van der Waals surface area (Å²) >= 11 is 5.77. The summed E-state index contributed by atoms with van der Waals surface area (Å²) in [5, 5.41) is 21.9. The van der Waals surface area contributed by atoms with Gasteiger partial charge in [-0.1, -0.05) is 29.5 Å². The van der Waals surface area contributed by atoms with Gasteiger partial charge >= 0.3 is 51.4 Å². The molecule has 0 unspecified atom stereocenters. The summed E-state index contributed by atoms with van der Waals surface area (Å²) in [7, 11) is 0. The summed E-state index contributed by atoms with van der Waals surface area (Å²) in [4.78, 5) is 0. The van der Waals surface area contributed by atoms with Crippen molar-refractivity contribution in [3.8, 4) is 6.07 Å². The molecular weight excluding hydrogens is 305 g/mol. The van der Waals surface area contributed by atoms with Crippen molar-refractivity contribution in [2.75, 3.05) is 13.2 Å². The monoisotopic (exact) mass is 319 g/mol. The molecule has 0 radical (unpaired) electrons. The van der Waals surface area contributed by atoms with Crippen molar-refractivity contribution in [2.24, 2.45) is 0 Å². The molecule has 1 aromatic carbocycles. The van der Waals surface area contributed by atoms with Gasteiger partial charge in [0, 0.05) is 18.2 Å². The van der Waals surface area contributed by atoms with E-state index in [2.05, 4.69) is 0 Å². The normalized spacial score (nSPS) is 11.6. The van der Waals surface area contributed by atoms with Crippen LogP contribution >= 0.6 is 11.6 Å². The van der Waals surface area contributed by atoms with Crippen LogP contribution in [0.5, 0.6) is 0 Å². The summed E-state index contributed by atoms with van der Waals surface area (Å²) in [6.45, 7) is 4.17. The molecule has 0 saturated heterocycles. The first kappa shape index (κ1) is 20.1. The van der Waals surface area contributed by atoms with Crippen LogP contribution < -0.4 is 56.5 Å². The summed E-state index contributed by atoms with van der Waals surface area (Å²) in [6, 6.07) is 8.38. The summed E-state index contributed by atoms with van der Waals surface area (Å²) in [5.74, 6) is -0.478. The standard InChI is InChI=1S/C14H16ClNO3.K/c1-3-18-14(19-4-2)13(17)12(9-16)10-5-7-11(15)8-6-10;/h5-8,14,17H,3-4H2,1-2H3;/q;+1/p-1. The summed E-state index contributed by atoms with van der Waals surface area (Å²) in [6.07, 6.45) is -1.04. The Labute approximate surface area is 166 Å². The van der Waals surface area contributed by atoms with Crippen LogP contribution in [-0.2, 0) is 9.47 Å². The first-order valence-corrected chi connectivity index (χ1v) is 6.32. The van der Waals surface area contributed by atoms with E-state index in [1.165, 1.54) is 0 Å². The average molecular weight is 320 g/mol. The Morgan fingerprint density at radius 3 is 2.15 bits per heavy atom. The molecule has 1 rings (SSSR count). The van der Waals surface area contributed by atoms with Crippen LogP contribution in [0, 0.1) is 11.3 Å². The molecule has 0 heterocycles. The third kappa shape index (κ3) is 5.84. The molecule has 0 amide bonds. The Bertz CT molecular complexity index is 476. The predicted molar refractivity (Wildman–Crippen MR) is 71.0 cm³/mol. The van der Waals surface area contributed by atoms with E-state index in [0.29, 0.717) is 23.8 Å². The molecule has 1 aromatic rings. The quantitative estimate of drug-likeness (QED) is 0.302. The molecule has 0 bridgehead atoms. The third-order valence-electron chi connectivity index (χ3n) is 2.34. The second-order valence-corrected chi connectivity index (χ2v) is 4.04. The molecule has 0 atom stereocenters. The molecule has 102 valence electrons. The van der Waals surface area contributed by atoms with Crippen molar-refractivity contribution in [3.63, 3.8) is 0 Å². The Balaban J connectivity index is 0.00000361. The van der Waals surface area contributed by atoms with Crippen LogP contribution in [0.3, 0.4) is 0 Å². The number of benzene rings is 1. The van der Waals surface area contributed by atoms with Gasteiger partial charge in [0.25, 0.3) is 0 Å². The maximum Gasteiger partial charge on any atom is 1.00 e. The maximum absolute atomic E-state index is 12.2. The van der Waals surface area contributed by atoms with Crippen LogP contribution in [0.1, 0.15) is 19.4 Å². The average Bonchev–Trinajstić information content (AvgIpc) is 2.41. The van der Waals surface area contributed by atoms with E-state index in [-0.39, 0.29) is 57.0 Å². The van der Waals surface area contributed by atoms with E-state index in [1.54, 1.807) is 38.1 Å². The van der Waals surface area contributed by atoms with Crippen LogP contribution in [-0.4, -0.2) is 19.5 Å². The minimum Gasteiger partial charge on any atom is -0.871 e. The zero-order chi connectivity index (χ0) is 14.3. The third-order valence-corrected chi connectivity index (χ3v) is 2.59. The van der Waals surface area contributed by atoms with Gasteiger partial charge in [-0.05, 0) is 31.5 Å². The SMILES string of the molecule is CCOC(OCC)C([O-])=C(C#N)c1ccc(Cl)cc1.[K+]. The van der Waals surface area contributed by atoms with E-state index in [9.17, 15) is 5.11 Å². The number of nitrogens with zero attached hydrogens (tertiary/aromatic N) is 1. The van der Waals surface area contributed by atoms with Gasteiger partial charge in [0.2, 0.25) is 0 Å². The van der Waals surface area contributed by atoms with E-state index in [4.69, 9.17) is 26.3 Å². The van der Waals surface area contributed by atoms with Gasteiger partial charge in [-0.3, -0.25) is 0 Å². The zero-order valence-corrected chi connectivity index (χ0v) is 15.7. The molecule has 0 fully saturated rings. The van der Waals surface area contributed by atoms with Crippen LogP contribution in [0.25, 0.3) is 5.57 Å². The molecule has 0 spiro atoms. The smallest absolute Gasteiger partial charge is 0.871 e. The largest absolute Gasteiger partial charge is 1.00 e. The number of ether oxygens (including phenoxy) is 2. The minimum atomic E-state index is -1.04. The molecule has 4 nitrogen and oxygen atoms in total. The Kier molecular flexibility index (Phi) is 10.8. The molecule has 0 aliphatic rings. The number of nitriles is 1. The van der Waals surface area contributed by atoms with Gasteiger partial charge in [-0.2, -0.15) is 5.26 Å². The van der Waals surface area contributed by atoms with Gasteiger partial charge in [-0.25, -0.2) is 0 Å². The van der Waals surface area contributed by atoms with Crippen LogP contribution in [0.4, 0.5) is 0 Å². The molecular formula is C14H15ClKNO3. The van der Waals surface area contributed by atoms with Crippen molar-refractivity contribution in [1.29, 1.82) is 5.26 Å². The molecule has 6 heteroatoms. The molecule has 0 aliphatic heterocycles. The first-order valence-electron chi connectivity index (χ1n) is 5.94. The van der Waals surface area contributed by atoms with E-state index >= 15 is 0 Å². The fourth-order valence-electron chi connectivity index (χ4n) is 1.50. The first-order chi connectivity index (χ1) is 9.13.